The number of benzene rings is 1. The van der Waals surface area contributed by atoms with E-state index in [0.717, 1.165) is 11.4 Å². The van der Waals surface area contributed by atoms with E-state index in [2.05, 4.69) is 31.0 Å². The summed E-state index contributed by atoms with van der Waals surface area (Å²) in [7, 11) is 2.24. The first-order valence-corrected chi connectivity index (χ1v) is 8.75. The van der Waals surface area contributed by atoms with Gasteiger partial charge in [0.25, 0.3) is 0 Å². The normalized spacial score (nSPS) is 20.2. The van der Waals surface area contributed by atoms with Gasteiger partial charge in [-0.2, -0.15) is 0 Å². The largest absolute Gasteiger partial charge is 0.326 e. The smallest absolute Gasteiger partial charge is 0.0513 e. The molecule has 2 N–H and O–H groups in total. The number of halogens is 1. The Morgan fingerprint density at radius 3 is 2.38 bits per heavy atom. The van der Waals surface area contributed by atoms with E-state index < -0.39 is 0 Å². The van der Waals surface area contributed by atoms with Gasteiger partial charge in [-0.25, -0.2) is 0 Å². The van der Waals surface area contributed by atoms with Gasteiger partial charge in [0.2, 0.25) is 0 Å². The zero-order chi connectivity index (χ0) is 15.2. The van der Waals surface area contributed by atoms with Crippen LogP contribution in [0.15, 0.2) is 24.3 Å². The lowest BCUT2D eigenvalue weighted by atomic mass is 9.93. The van der Waals surface area contributed by atoms with Crippen molar-refractivity contribution in [1.82, 2.24) is 4.90 Å². The third-order valence-electron chi connectivity index (χ3n) is 4.94. The van der Waals surface area contributed by atoms with Gasteiger partial charge in [0.05, 0.1) is 6.04 Å². The van der Waals surface area contributed by atoms with Gasteiger partial charge in [-0.1, -0.05) is 62.4 Å². The fourth-order valence-electron chi connectivity index (χ4n) is 3.58. The molecule has 3 heteroatoms. The Hall–Kier alpha value is -0.570. The first-order chi connectivity index (χ1) is 10.1. The molecular formula is C18H29ClN2. The number of rotatable bonds is 5. The summed E-state index contributed by atoms with van der Waals surface area (Å²) in [6.07, 6.45) is 8.97. The highest BCUT2D eigenvalue weighted by Crippen LogP contribution is 2.34. The van der Waals surface area contributed by atoms with Crippen molar-refractivity contribution in [2.45, 2.75) is 70.0 Å². The molecule has 118 valence electrons. The summed E-state index contributed by atoms with van der Waals surface area (Å²) in [4.78, 5) is 2.50. The Labute approximate surface area is 134 Å². The van der Waals surface area contributed by atoms with Crippen molar-refractivity contribution in [2.24, 2.45) is 5.73 Å². The molecule has 1 saturated carbocycles. The molecule has 2 unspecified atom stereocenters. The van der Waals surface area contributed by atoms with E-state index in [-0.39, 0.29) is 12.1 Å². The second-order valence-electron chi connectivity index (χ2n) is 6.35. The molecule has 1 fully saturated rings. The molecular weight excluding hydrogens is 280 g/mol. The minimum atomic E-state index is 0.123. The van der Waals surface area contributed by atoms with Crippen LogP contribution >= 0.6 is 11.6 Å². The van der Waals surface area contributed by atoms with Crippen molar-refractivity contribution in [3.05, 3.63) is 34.9 Å². The van der Waals surface area contributed by atoms with Crippen LogP contribution in [0.4, 0.5) is 0 Å². The molecule has 0 aliphatic heterocycles. The number of nitrogens with zero attached hydrogens (tertiary/aromatic N) is 1. The maximum Gasteiger partial charge on any atom is 0.0513 e. The van der Waals surface area contributed by atoms with E-state index >= 15 is 0 Å². The van der Waals surface area contributed by atoms with Crippen molar-refractivity contribution in [3.8, 4) is 0 Å². The van der Waals surface area contributed by atoms with Crippen LogP contribution in [0.1, 0.15) is 63.5 Å². The topological polar surface area (TPSA) is 29.3 Å². The lowest BCUT2D eigenvalue weighted by Gasteiger charge is -2.38. The Kier molecular flexibility index (Phi) is 6.53. The van der Waals surface area contributed by atoms with Gasteiger partial charge in [0.15, 0.2) is 0 Å². The van der Waals surface area contributed by atoms with E-state index in [1.165, 1.54) is 44.1 Å². The van der Waals surface area contributed by atoms with Gasteiger partial charge in [-0.3, -0.25) is 4.90 Å². The third kappa shape index (κ3) is 4.21. The summed E-state index contributed by atoms with van der Waals surface area (Å²) in [5, 5.41) is 0.840. The summed E-state index contributed by atoms with van der Waals surface area (Å²) in [6, 6.07) is 9.14. The Bertz CT molecular complexity index is 427. The Morgan fingerprint density at radius 2 is 1.81 bits per heavy atom. The van der Waals surface area contributed by atoms with Crippen LogP contribution < -0.4 is 5.73 Å². The number of hydrogen-bond donors (Lipinski definition) is 1. The monoisotopic (exact) mass is 308 g/mol. The van der Waals surface area contributed by atoms with E-state index in [0.29, 0.717) is 6.04 Å². The highest BCUT2D eigenvalue weighted by Gasteiger charge is 2.29. The Balaban J connectivity index is 2.24. The molecule has 2 rings (SSSR count). The lowest BCUT2D eigenvalue weighted by molar-refractivity contribution is 0.135. The van der Waals surface area contributed by atoms with Crippen molar-refractivity contribution >= 4 is 11.6 Å². The molecule has 21 heavy (non-hydrogen) atoms. The Morgan fingerprint density at radius 1 is 1.19 bits per heavy atom. The minimum Gasteiger partial charge on any atom is -0.326 e. The number of hydrogen-bond acceptors (Lipinski definition) is 2. The van der Waals surface area contributed by atoms with Crippen LogP contribution in [0.3, 0.4) is 0 Å². The average molecular weight is 309 g/mol. The summed E-state index contributed by atoms with van der Waals surface area (Å²) in [5.41, 5.74) is 7.65. The van der Waals surface area contributed by atoms with Crippen molar-refractivity contribution in [3.63, 3.8) is 0 Å². The quantitative estimate of drug-likeness (QED) is 0.794. The van der Waals surface area contributed by atoms with E-state index in [1.54, 1.807) is 0 Å². The molecule has 0 radical (unpaired) electrons. The van der Waals surface area contributed by atoms with E-state index in [1.807, 2.05) is 12.1 Å². The molecule has 0 heterocycles. The van der Waals surface area contributed by atoms with Gasteiger partial charge in [0, 0.05) is 17.1 Å². The van der Waals surface area contributed by atoms with Crippen molar-refractivity contribution in [1.29, 1.82) is 0 Å². The highest BCUT2D eigenvalue weighted by molar-refractivity contribution is 6.31. The van der Waals surface area contributed by atoms with Gasteiger partial charge in [-0.15, -0.1) is 0 Å². The molecule has 0 aromatic heterocycles. The molecule has 0 spiro atoms. The van der Waals surface area contributed by atoms with Crippen LogP contribution in [0.5, 0.6) is 0 Å². The van der Waals surface area contributed by atoms with Gasteiger partial charge in [0.1, 0.15) is 0 Å². The van der Waals surface area contributed by atoms with Crippen LogP contribution in [-0.4, -0.2) is 24.0 Å². The van der Waals surface area contributed by atoms with Crippen LogP contribution in [0.2, 0.25) is 5.02 Å². The van der Waals surface area contributed by atoms with Crippen molar-refractivity contribution < 1.29 is 0 Å². The van der Waals surface area contributed by atoms with Gasteiger partial charge < -0.3 is 5.73 Å². The van der Waals surface area contributed by atoms with E-state index in [4.69, 9.17) is 17.3 Å². The maximum atomic E-state index is 6.46. The molecule has 2 atom stereocenters. The first kappa shape index (κ1) is 16.8. The predicted molar refractivity (Wildman–Crippen MR) is 91.7 cm³/mol. The summed E-state index contributed by atoms with van der Waals surface area (Å²) < 4.78 is 0. The van der Waals surface area contributed by atoms with Crippen LogP contribution in [0.25, 0.3) is 0 Å². The van der Waals surface area contributed by atoms with Crippen LogP contribution in [-0.2, 0) is 0 Å². The van der Waals surface area contributed by atoms with Crippen molar-refractivity contribution in [2.75, 3.05) is 7.05 Å². The number of likely N-dealkylation sites (N-methyl/N-ethyl adjacent to an activating group) is 1. The van der Waals surface area contributed by atoms with Crippen LogP contribution in [0, 0.1) is 0 Å². The molecule has 0 bridgehead atoms. The lowest BCUT2D eigenvalue weighted by Crippen LogP contribution is -2.44. The zero-order valence-corrected chi connectivity index (χ0v) is 14.1. The number of nitrogens with two attached hydrogens (primary N) is 1. The first-order valence-electron chi connectivity index (χ1n) is 8.37. The van der Waals surface area contributed by atoms with E-state index in [9.17, 15) is 0 Å². The standard InChI is InChI=1S/C18H29ClN2/c1-3-17(20)18(15-12-8-9-13-16(15)19)21(2)14-10-6-4-5-7-11-14/h8-9,12-14,17-18H,3-7,10-11,20H2,1-2H3. The molecule has 0 saturated heterocycles. The third-order valence-corrected chi connectivity index (χ3v) is 5.28. The second kappa shape index (κ2) is 8.17. The predicted octanol–water partition coefficient (Wildman–Crippen LogP) is 4.77. The van der Waals surface area contributed by atoms with Gasteiger partial charge >= 0.3 is 0 Å². The maximum absolute atomic E-state index is 6.46. The summed E-state index contributed by atoms with van der Waals surface area (Å²) in [5.74, 6) is 0. The highest BCUT2D eigenvalue weighted by atomic mass is 35.5. The zero-order valence-electron chi connectivity index (χ0n) is 13.4. The molecule has 1 aromatic carbocycles. The fourth-order valence-corrected chi connectivity index (χ4v) is 3.83. The molecule has 2 nitrogen and oxygen atoms in total. The fraction of sp³-hybridized carbons (Fsp3) is 0.667. The molecule has 0 amide bonds. The average Bonchev–Trinajstić information content (AvgIpc) is 2.78. The molecule has 1 aliphatic rings. The molecule has 1 aliphatic carbocycles. The SMILES string of the molecule is CCC(N)C(c1ccccc1Cl)N(C)C1CCCCCC1. The van der Waals surface area contributed by atoms with Gasteiger partial charge in [-0.05, 0) is 37.9 Å². The summed E-state index contributed by atoms with van der Waals surface area (Å²) >= 11 is 6.45. The molecule has 1 aromatic rings. The second-order valence-corrected chi connectivity index (χ2v) is 6.76. The minimum absolute atomic E-state index is 0.123. The summed E-state index contributed by atoms with van der Waals surface area (Å²) in [6.45, 7) is 2.16.